The van der Waals surface area contributed by atoms with Gasteiger partial charge in [-0.3, -0.25) is 19.4 Å². The van der Waals surface area contributed by atoms with Crippen molar-refractivity contribution >= 4 is 28.2 Å². The van der Waals surface area contributed by atoms with Crippen LogP contribution in [0.15, 0.2) is 12.3 Å². The SMILES string of the molecule is Cn1ccc(CC(=O)NC(=N)C2CCC3CN2C(=O)N3OS(=O)(=O)O)n1. The fourth-order valence-corrected chi connectivity index (χ4v) is 3.52. The van der Waals surface area contributed by atoms with Gasteiger partial charge >= 0.3 is 16.4 Å². The smallest absolute Gasteiger partial charge is 0.313 e. The van der Waals surface area contributed by atoms with Gasteiger partial charge in [0.05, 0.1) is 24.2 Å². The highest BCUT2D eigenvalue weighted by molar-refractivity contribution is 7.80. The van der Waals surface area contributed by atoms with E-state index in [2.05, 4.69) is 14.7 Å². The number of carbonyl (C=O) groups is 2. The van der Waals surface area contributed by atoms with Crippen molar-refractivity contribution in [2.45, 2.75) is 31.3 Å². The Bertz CT molecular complexity index is 851. The van der Waals surface area contributed by atoms with Crippen LogP contribution in [0.25, 0.3) is 0 Å². The third-order valence-electron chi connectivity index (χ3n) is 4.22. The molecule has 3 amide bonds. The molecule has 0 aromatic carbocycles. The van der Waals surface area contributed by atoms with Gasteiger partial charge in [-0.1, -0.05) is 0 Å². The third-order valence-corrected chi connectivity index (χ3v) is 4.56. The average molecular weight is 386 g/mol. The summed E-state index contributed by atoms with van der Waals surface area (Å²) in [5, 5.41) is 15.2. The van der Waals surface area contributed by atoms with E-state index in [1.165, 1.54) is 4.90 Å². The number of hydrogen-bond acceptors (Lipinski definition) is 7. The molecule has 2 saturated heterocycles. The molecular weight excluding hydrogens is 368 g/mol. The van der Waals surface area contributed by atoms with Crippen molar-refractivity contribution in [2.75, 3.05) is 6.54 Å². The number of piperidine rings is 1. The largest absolute Gasteiger partial charge is 0.418 e. The first-order valence-electron chi connectivity index (χ1n) is 7.77. The zero-order chi connectivity index (χ0) is 19.1. The summed E-state index contributed by atoms with van der Waals surface area (Å²) in [5.41, 5.74) is 0.548. The zero-order valence-corrected chi connectivity index (χ0v) is 14.6. The Morgan fingerprint density at radius 1 is 1.50 bits per heavy atom. The van der Waals surface area contributed by atoms with Gasteiger partial charge in [0.1, 0.15) is 5.84 Å². The van der Waals surface area contributed by atoms with Gasteiger partial charge < -0.3 is 10.2 Å². The van der Waals surface area contributed by atoms with Crippen LogP contribution in [0.1, 0.15) is 18.5 Å². The molecule has 0 spiro atoms. The first-order chi connectivity index (χ1) is 12.1. The van der Waals surface area contributed by atoms with Gasteiger partial charge in [0.2, 0.25) is 5.91 Å². The van der Waals surface area contributed by atoms with Crippen molar-refractivity contribution in [2.24, 2.45) is 7.05 Å². The minimum Gasteiger partial charge on any atom is -0.313 e. The second kappa shape index (κ2) is 6.66. The molecule has 0 aliphatic carbocycles. The number of nitrogens with one attached hydrogen (secondary N) is 2. The number of hydroxylamine groups is 2. The van der Waals surface area contributed by atoms with Crippen LogP contribution in [0, 0.1) is 5.41 Å². The molecule has 12 nitrogen and oxygen atoms in total. The van der Waals surface area contributed by atoms with E-state index >= 15 is 0 Å². The zero-order valence-electron chi connectivity index (χ0n) is 13.8. The van der Waals surface area contributed by atoms with Crippen LogP contribution in [0.4, 0.5) is 4.79 Å². The standard InChI is InChI=1S/C13H18N6O6S/c1-17-5-4-8(16-17)6-11(20)15-12(14)10-3-2-9-7-18(10)13(21)19(9)25-26(22,23)24/h4-5,9-10H,2-3,6-7H2,1H3,(H2,14,15,20)(H,22,23,24). The summed E-state index contributed by atoms with van der Waals surface area (Å²) in [7, 11) is -3.10. The first kappa shape index (κ1) is 18.3. The van der Waals surface area contributed by atoms with E-state index in [4.69, 9.17) is 9.96 Å². The maximum atomic E-state index is 12.3. The van der Waals surface area contributed by atoms with Crippen LogP contribution in [0.5, 0.6) is 0 Å². The maximum absolute atomic E-state index is 12.3. The van der Waals surface area contributed by atoms with E-state index in [9.17, 15) is 18.0 Å². The number of rotatable bonds is 5. The molecule has 2 aliphatic heterocycles. The third kappa shape index (κ3) is 3.84. The van der Waals surface area contributed by atoms with E-state index in [-0.39, 0.29) is 18.8 Å². The van der Waals surface area contributed by atoms with Crippen LogP contribution in [-0.4, -0.2) is 69.1 Å². The molecule has 1 aromatic heterocycles. The Balaban J connectivity index is 1.62. The van der Waals surface area contributed by atoms with Crippen molar-refractivity contribution in [1.29, 1.82) is 5.41 Å². The summed E-state index contributed by atoms with van der Waals surface area (Å²) in [4.78, 5) is 25.6. The highest BCUT2D eigenvalue weighted by atomic mass is 32.3. The van der Waals surface area contributed by atoms with Crippen LogP contribution in [0.3, 0.4) is 0 Å². The number of urea groups is 1. The lowest BCUT2D eigenvalue weighted by Crippen LogP contribution is -2.51. The molecule has 3 N–H and O–H groups in total. The molecule has 2 fully saturated rings. The molecule has 142 valence electrons. The summed E-state index contributed by atoms with van der Waals surface area (Å²) in [6.45, 7) is 0.136. The van der Waals surface area contributed by atoms with E-state index in [1.807, 2.05) is 0 Å². The van der Waals surface area contributed by atoms with Crippen molar-refractivity contribution < 1.29 is 26.8 Å². The van der Waals surface area contributed by atoms with Crippen molar-refractivity contribution in [3.8, 4) is 0 Å². The molecule has 3 rings (SSSR count). The summed E-state index contributed by atoms with van der Waals surface area (Å²) in [6, 6.07) is -0.346. The van der Waals surface area contributed by atoms with Crippen LogP contribution < -0.4 is 5.32 Å². The number of hydrogen-bond donors (Lipinski definition) is 3. The fraction of sp³-hybridized carbons (Fsp3) is 0.538. The Morgan fingerprint density at radius 3 is 2.85 bits per heavy atom. The molecule has 0 radical (unpaired) electrons. The topological polar surface area (TPSA) is 158 Å². The first-order valence-corrected chi connectivity index (χ1v) is 9.14. The van der Waals surface area contributed by atoms with Gasteiger partial charge in [0, 0.05) is 19.8 Å². The van der Waals surface area contributed by atoms with Gasteiger partial charge in [-0.15, -0.1) is 4.28 Å². The van der Waals surface area contributed by atoms with Gasteiger partial charge in [0.15, 0.2) is 0 Å². The van der Waals surface area contributed by atoms with Gasteiger partial charge in [-0.2, -0.15) is 18.6 Å². The van der Waals surface area contributed by atoms with Crippen LogP contribution in [0.2, 0.25) is 0 Å². The predicted octanol–water partition coefficient (Wildman–Crippen LogP) is -0.941. The molecule has 2 unspecified atom stereocenters. The van der Waals surface area contributed by atoms with E-state index in [0.717, 1.165) is 0 Å². The molecular formula is C13H18N6O6S. The van der Waals surface area contributed by atoms with Crippen LogP contribution in [-0.2, 0) is 32.9 Å². The van der Waals surface area contributed by atoms with Crippen molar-refractivity contribution in [3.63, 3.8) is 0 Å². The summed E-state index contributed by atoms with van der Waals surface area (Å²) in [6.07, 6.45) is 2.40. The van der Waals surface area contributed by atoms with Crippen molar-refractivity contribution in [3.05, 3.63) is 18.0 Å². The number of aryl methyl sites for hydroxylation is 1. The summed E-state index contributed by atoms with van der Waals surface area (Å²) >= 11 is 0. The lowest BCUT2D eigenvalue weighted by atomic mass is 10.00. The second-order valence-corrected chi connectivity index (χ2v) is 7.13. The minimum absolute atomic E-state index is 0.00942. The molecule has 1 aromatic rings. The Morgan fingerprint density at radius 2 is 2.23 bits per heavy atom. The molecule has 3 heterocycles. The summed E-state index contributed by atoms with van der Waals surface area (Å²) in [5.74, 6) is -0.597. The normalized spacial score (nSPS) is 22.6. The van der Waals surface area contributed by atoms with E-state index < -0.39 is 34.4 Å². The Kier molecular flexibility index (Phi) is 4.68. The second-order valence-electron chi connectivity index (χ2n) is 6.13. The number of amidine groups is 1. The molecule has 26 heavy (non-hydrogen) atoms. The Hall–Kier alpha value is -2.51. The fourth-order valence-electron chi connectivity index (χ4n) is 3.13. The number of amides is 3. The quantitative estimate of drug-likeness (QED) is 0.335. The average Bonchev–Trinajstić information content (AvgIpc) is 3.03. The van der Waals surface area contributed by atoms with Crippen molar-refractivity contribution in [1.82, 2.24) is 25.1 Å². The molecule has 2 bridgehead atoms. The summed E-state index contributed by atoms with van der Waals surface area (Å²) < 4.78 is 36.4. The van der Waals surface area contributed by atoms with Crippen LogP contribution >= 0.6 is 0 Å². The van der Waals surface area contributed by atoms with Gasteiger partial charge in [-0.25, -0.2) is 4.79 Å². The highest BCUT2D eigenvalue weighted by Crippen LogP contribution is 2.30. The molecule has 0 saturated carbocycles. The number of carbonyl (C=O) groups excluding carboxylic acids is 2. The lowest BCUT2D eigenvalue weighted by Gasteiger charge is -2.30. The molecule has 2 aliphatic rings. The number of fused-ring (bicyclic) bond motifs is 2. The van der Waals surface area contributed by atoms with E-state index in [0.29, 0.717) is 23.6 Å². The minimum atomic E-state index is -4.82. The Labute approximate surface area is 149 Å². The number of aromatic nitrogens is 2. The maximum Gasteiger partial charge on any atom is 0.418 e. The molecule has 2 atom stereocenters. The molecule has 13 heteroatoms. The van der Waals surface area contributed by atoms with Gasteiger partial charge in [0.25, 0.3) is 0 Å². The lowest BCUT2D eigenvalue weighted by molar-refractivity contribution is -0.119. The predicted molar refractivity (Wildman–Crippen MR) is 86.2 cm³/mol. The highest BCUT2D eigenvalue weighted by Gasteiger charge is 2.48. The number of nitrogens with zero attached hydrogens (tertiary/aromatic N) is 4. The van der Waals surface area contributed by atoms with E-state index in [1.54, 1.807) is 24.0 Å². The monoisotopic (exact) mass is 386 g/mol. The van der Waals surface area contributed by atoms with Gasteiger partial charge in [-0.05, 0) is 18.9 Å².